The maximum atomic E-state index is 11.9. The van der Waals surface area contributed by atoms with Crippen molar-refractivity contribution in [2.45, 2.75) is 25.7 Å². The number of benzene rings is 2. The number of non-ortho nitro benzene ring substituents is 2. The largest absolute Gasteiger partial charge is 0.465 e. The second kappa shape index (κ2) is 9.14. The lowest BCUT2D eigenvalue weighted by Crippen LogP contribution is -2.21. The molecule has 3 rings (SSSR count). The molecule has 10 heteroatoms. The second-order valence-electron chi connectivity index (χ2n) is 6.35. The third-order valence-electron chi connectivity index (χ3n) is 4.30. The van der Waals surface area contributed by atoms with Crippen molar-refractivity contribution in [3.8, 4) is 0 Å². The Morgan fingerprint density at radius 2 is 1.70 bits per heavy atom. The van der Waals surface area contributed by atoms with Gasteiger partial charge < -0.3 is 14.2 Å². The summed E-state index contributed by atoms with van der Waals surface area (Å²) in [4.78, 5) is 33.0. The van der Waals surface area contributed by atoms with E-state index < -0.39 is 28.2 Å². The average molecular weight is 414 g/mol. The first-order chi connectivity index (χ1) is 14.4. The number of carbonyl (C=O) groups is 1. The Labute approximate surface area is 171 Å². The van der Waals surface area contributed by atoms with Crippen LogP contribution in [0, 0.1) is 20.2 Å². The van der Waals surface area contributed by atoms with E-state index in [0.29, 0.717) is 11.1 Å². The minimum absolute atomic E-state index is 0.106. The SMILES string of the molecule is CCOC(=O)/C=C1\C[C@@H](c2cccc([N+](=O)[O-])c2)O[C@@H](c2cccc([N+](=O)[O-])c2)O1. The van der Waals surface area contributed by atoms with Crippen LogP contribution < -0.4 is 0 Å². The van der Waals surface area contributed by atoms with Crippen molar-refractivity contribution in [2.24, 2.45) is 0 Å². The van der Waals surface area contributed by atoms with Gasteiger partial charge in [0.25, 0.3) is 11.4 Å². The highest BCUT2D eigenvalue weighted by Gasteiger charge is 2.31. The van der Waals surface area contributed by atoms with Gasteiger partial charge in [-0.1, -0.05) is 24.3 Å². The normalized spacial score (nSPS) is 19.7. The topological polar surface area (TPSA) is 131 Å². The van der Waals surface area contributed by atoms with Gasteiger partial charge in [0.15, 0.2) is 0 Å². The summed E-state index contributed by atoms with van der Waals surface area (Å²) in [5.74, 6) is -0.363. The number of nitro groups is 2. The number of nitrogens with zero attached hydrogens (tertiary/aromatic N) is 2. The molecule has 0 radical (unpaired) electrons. The molecule has 0 bridgehead atoms. The second-order valence-corrected chi connectivity index (χ2v) is 6.35. The molecule has 0 aromatic heterocycles. The Morgan fingerprint density at radius 1 is 1.10 bits per heavy atom. The molecule has 10 nitrogen and oxygen atoms in total. The van der Waals surface area contributed by atoms with Gasteiger partial charge in [-0.3, -0.25) is 20.2 Å². The first kappa shape index (κ1) is 20.9. The van der Waals surface area contributed by atoms with Crippen molar-refractivity contribution < 1.29 is 28.9 Å². The monoisotopic (exact) mass is 414 g/mol. The smallest absolute Gasteiger partial charge is 0.334 e. The Kier molecular flexibility index (Phi) is 6.38. The predicted octanol–water partition coefficient (Wildman–Crippen LogP) is 4.13. The average Bonchev–Trinajstić information content (AvgIpc) is 2.73. The highest BCUT2D eigenvalue weighted by molar-refractivity contribution is 5.82. The van der Waals surface area contributed by atoms with Crippen molar-refractivity contribution in [3.63, 3.8) is 0 Å². The van der Waals surface area contributed by atoms with Crippen LogP contribution in [0.25, 0.3) is 0 Å². The van der Waals surface area contributed by atoms with Crippen LogP contribution in [0.4, 0.5) is 11.4 Å². The van der Waals surface area contributed by atoms with Gasteiger partial charge >= 0.3 is 5.97 Å². The van der Waals surface area contributed by atoms with Crippen LogP contribution >= 0.6 is 0 Å². The van der Waals surface area contributed by atoms with E-state index in [2.05, 4.69) is 0 Å². The number of rotatable bonds is 6. The van der Waals surface area contributed by atoms with Crippen molar-refractivity contribution >= 4 is 17.3 Å². The van der Waals surface area contributed by atoms with Gasteiger partial charge in [0.1, 0.15) is 5.76 Å². The van der Waals surface area contributed by atoms with Crippen LogP contribution in [-0.4, -0.2) is 22.4 Å². The molecule has 1 fully saturated rings. The molecule has 2 atom stereocenters. The maximum Gasteiger partial charge on any atom is 0.334 e. The van der Waals surface area contributed by atoms with Crippen molar-refractivity contribution in [2.75, 3.05) is 6.61 Å². The minimum Gasteiger partial charge on any atom is -0.465 e. The lowest BCUT2D eigenvalue weighted by Gasteiger charge is -2.32. The molecule has 0 aliphatic carbocycles. The van der Waals surface area contributed by atoms with E-state index in [0.717, 1.165) is 0 Å². The van der Waals surface area contributed by atoms with Gasteiger partial charge in [-0.25, -0.2) is 4.79 Å². The van der Waals surface area contributed by atoms with E-state index in [-0.39, 0.29) is 30.2 Å². The molecule has 0 amide bonds. The molecule has 156 valence electrons. The van der Waals surface area contributed by atoms with Crippen LogP contribution in [0.3, 0.4) is 0 Å². The number of carbonyl (C=O) groups excluding carboxylic acids is 1. The van der Waals surface area contributed by atoms with E-state index in [4.69, 9.17) is 14.2 Å². The first-order valence-electron chi connectivity index (χ1n) is 9.05. The number of esters is 1. The Bertz CT molecular complexity index is 936. The molecule has 2 aromatic carbocycles. The lowest BCUT2D eigenvalue weighted by molar-refractivity contribution is -0.385. The van der Waals surface area contributed by atoms with Crippen LogP contribution in [0.15, 0.2) is 60.4 Å². The molecule has 1 aliphatic rings. The summed E-state index contributed by atoms with van der Waals surface area (Å²) in [6.07, 6.45) is -0.418. The van der Waals surface area contributed by atoms with Crippen molar-refractivity contribution in [1.29, 1.82) is 0 Å². The van der Waals surface area contributed by atoms with Crippen LogP contribution in [0.1, 0.15) is 36.9 Å². The van der Waals surface area contributed by atoms with E-state index >= 15 is 0 Å². The molecule has 1 heterocycles. The van der Waals surface area contributed by atoms with Crippen LogP contribution in [0.2, 0.25) is 0 Å². The van der Waals surface area contributed by atoms with Gasteiger partial charge in [-0.2, -0.15) is 0 Å². The van der Waals surface area contributed by atoms with Crippen molar-refractivity contribution in [3.05, 3.63) is 91.7 Å². The van der Waals surface area contributed by atoms with Gasteiger partial charge in [-0.15, -0.1) is 0 Å². The first-order valence-corrected chi connectivity index (χ1v) is 9.05. The molecular weight excluding hydrogens is 396 g/mol. The molecule has 0 unspecified atom stereocenters. The number of hydrogen-bond acceptors (Lipinski definition) is 8. The summed E-state index contributed by atoms with van der Waals surface area (Å²) < 4.78 is 16.6. The quantitative estimate of drug-likeness (QED) is 0.298. The highest BCUT2D eigenvalue weighted by atomic mass is 16.7. The Balaban J connectivity index is 1.96. The number of nitro benzene ring substituents is 2. The number of hydrogen-bond donors (Lipinski definition) is 0. The molecule has 1 saturated heterocycles. The summed E-state index contributed by atoms with van der Waals surface area (Å²) in [7, 11) is 0. The van der Waals surface area contributed by atoms with E-state index in [1.54, 1.807) is 19.1 Å². The maximum absolute atomic E-state index is 11.9. The van der Waals surface area contributed by atoms with Crippen LogP contribution in [0.5, 0.6) is 0 Å². The molecule has 0 N–H and O–H groups in total. The van der Waals surface area contributed by atoms with E-state index in [9.17, 15) is 25.0 Å². The van der Waals surface area contributed by atoms with Gasteiger partial charge in [0, 0.05) is 36.2 Å². The zero-order chi connectivity index (χ0) is 21.7. The molecule has 30 heavy (non-hydrogen) atoms. The number of ether oxygens (including phenoxy) is 3. The van der Waals surface area contributed by atoms with E-state index in [1.807, 2.05) is 0 Å². The zero-order valence-electron chi connectivity index (χ0n) is 15.9. The minimum atomic E-state index is -1.05. The summed E-state index contributed by atoms with van der Waals surface area (Å²) in [6.45, 7) is 1.85. The Hall–Kier alpha value is -3.79. The fourth-order valence-electron chi connectivity index (χ4n) is 2.97. The summed E-state index contributed by atoms with van der Waals surface area (Å²) in [6, 6.07) is 11.7. The third-order valence-corrected chi connectivity index (χ3v) is 4.30. The molecule has 0 saturated carbocycles. The van der Waals surface area contributed by atoms with E-state index in [1.165, 1.54) is 42.5 Å². The fourth-order valence-corrected chi connectivity index (χ4v) is 2.97. The summed E-state index contributed by atoms with van der Waals surface area (Å²) >= 11 is 0. The standard InChI is InChI=1S/C20H18N2O8/c1-2-28-19(23)12-17-11-18(13-5-3-7-15(9-13)21(24)25)30-20(29-17)14-6-4-8-16(10-14)22(26)27/h3-10,12,18,20H,2,11H2,1H3/b17-12+/t18-,20-/m0/s1. The fraction of sp³-hybridized carbons (Fsp3) is 0.250. The molecular formula is C20H18N2O8. The van der Waals surface area contributed by atoms with Crippen LogP contribution in [-0.2, 0) is 19.0 Å². The lowest BCUT2D eigenvalue weighted by atomic mass is 10.0. The highest BCUT2D eigenvalue weighted by Crippen LogP contribution is 2.40. The predicted molar refractivity (Wildman–Crippen MR) is 103 cm³/mol. The molecule has 0 spiro atoms. The summed E-state index contributed by atoms with van der Waals surface area (Å²) in [5, 5.41) is 22.2. The zero-order valence-corrected chi connectivity index (χ0v) is 15.9. The Morgan fingerprint density at radius 3 is 2.30 bits per heavy atom. The third kappa shape index (κ3) is 4.97. The van der Waals surface area contributed by atoms with Gasteiger partial charge in [-0.05, 0) is 12.5 Å². The molecule has 1 aliphatic heterocycles. The van der Waals surface area contributed by atoms with Gasteiger partial charge in [0.05, 0.1) is 28.6 Å². The van der Waals surface area contributed by atoms with Gasteiger partial charge in [0.2, 0.25) is 6.29 Å². The molecule has 2 aromatic rings. The van der Waals surface area contributed by atoms with Crippen molar-refractivity contribution in [1.82, 2.24) is 0 Å². The summed E-state index contributed by atoms with van der Waals surface area (Å²) in [5.41, 5.74) is 0.630.